The Morgan fingerprint density at radius 2 is 1.57 bits per heavy atom. The molecule has 3 aromatic carbocycles. The molecule has 0 radical (unpaired) electrons. The van der Waals surface area contributed by atoms with Crippen LogP contribution in [0.5, 0.6) is 0 Å². The Morgan fingerprint density at radius 1 is 0.886 bits per heavy atom. The Kier molecular flexibility index (Phi) is 6.56. The number of aryl methyl sites for hydroxylation is 2. The van der Waals surface area contributed by atoms with Gasteiger partial charge in [-0.2, -0.15) is 10.2 Å². The standard InChI is InChI=1S/C27H21N5OS2/c1-18-13-15-20(16-14-18)17-28-30-27-32(22-11-7-4-8-12-22)31-26(35-27)23(33)24-19(2)29-25(34-24)21-9-5-3-6-10-21/h3-17H,1-2H3/b28-17+,30-27-. The molecule has 0 N–H and O–H groups in total. The molecule has 6 nitrogen and oxygen atoms in total. The van der Waals surface area contributed by atoms with E-state index >= 15 is 0 Å². The second kappa shape index (κ2) is 10.1. The van der Waals surface area contributed by atoms with E-state index in [1.165, 1.54) is 28.2 Å². The van der Waals surface area contributed by atoms with Crippen LogP contribution < -0.4 is 4.80 Å². The van der Waals surface area contributed by atoms with Crippen LogP contribution in [0.4, 0.5) is 0 Å². The molecule has 8 heteroatoms. The minimum Gasteiger partial charge on any atom is -0.285 e. The van der Waals surface area contributed by atoms with E-state index in [9.17, 15) is 4.79 Å². The van der Waals surface area contributed by atoms with Crippen molar-refractivity contribution in [2.75, 3.05) is 0 Å². The van der Waals surface area contributed by atoms with Crippen molar-refractivity contribution in [3.63, 3.8) is 0 Å². The third kappa shape index (κ3) is 5.08. The summed E-state index contributed by atoms with van der Waals surface area (Å²) in [5.41, 5.74) is 4.61. The molecule has 0 bridgehead atoms. The van der Waals surface area contributed by atoms with Gasteiger partial charge in [-0.3, -0.25) is 4.79 Å². The van der Waals surface area contributed by atoms with Crippen LogP contribution in [0.3, 0.4) is 0 Å². The molecule has 5 aromatic rings. The summed E-state index contributed by atoms with van der Waals surface area (Å²) in [4.78, 5) is 19.2. The summed E-state index contributed by atoms with van der Waals surface area (Å²) in [7, 11) is 0. The molecule has 0 saturated heterocycles. The largest absolute Gasteiger partial charge is 0.285 e. The number of para-hydroxylation sites is 1. The average Bonchev–Trinajstić information content (AvgIpc) is 3.50. The number of thiazole rings is 1. The van der Waals surface area contributed by atoms with Crippen LogP contribution in [0.25, 0.3) is 16.3 Å². The molecule has 0 fully saturated rings. The molecule has 0 unspecified atom stereocenters. The highest BCUT2D eigenvalue weighted by Gasteiger charge is 2.22. The maximum Gasteiger partial charge on any atom is 0.235 e. The zero-order chi connectivity index (χ0) is 24.2. The summed E-state index contributed by atoms with van der Waals surface area (Å²) in [5.74, 6) is -0.166. The Bertz CT molecular complexity index is 1560. The summed E-state index contributed by atoms with van der Waals surface area (Å²) in [6, 6.07) is 27.5. The van der Waals surface area contributed by atoms with E-state index in [4.69, 9.17) is 0 Å². The molecular formula is C27H21N5OS2. The van der Waals surface area contributed by atoms with Gasteiger partial charge in [-0.25, -0.2) is 9.67 Å². The van der Waals surface area contributed by atoms with Crippen LogP contribution in [0.15, 0.2) is 95.1 Å². The van der Waals surface area contributed by atoms with Gasteiger partial charge < -0.3 is 0 Å². The monoisotopic (exact) mass is 495 g/mol. The Morgan fingerprint density at radius 3 is 2.29 bits per heavy atom. The third-order valence-electron chi connectivity index (χ3n) is 5.21. The molecule has 172 valence electrons. The number of rotatable bonds is 6. The fourth-order valence-corrected chi connectivity index (χ4v) is 5.27. The molecule has 0 aliphatic rings. The van der Waals surface area contributed by atoms with Gasteiger partial charge in [0.05, 0.1) is 17.6 Å². The van der Waals surface area contributed by atoms with Crippen molar-refractivity contribution < 1.29 is 4.79 Å². The van der Waals surface area contributed by atoms with Gasteiger partial charge in [-0.15, -0.1) is 16.4 Å². The topological polar surface area (TPSA) is 72.5 Å². The van der Waals surface area contributed by atoms with Crippen LogP contribution in [-0.4, -0.2) is 26.8 Å². The van der Waals surface area contributed by atoms with Gasteiger partial charge in [0, 0.05) is 5.56 Å². The highest BCUT2D eigenvalue weighted by atomic mass is 32.1. The van der Waals surface area contributed by atoms with E-state index in [0.717, 1.165) is 21.8 Å². The van der Waals surface area contributed by atoms with E-state index in [0.29, 0.717) is 20.4 Å². The molecule has 0 aliphatic heterocycles. The van der Waals surface area contributed by atoms with Gasteiger partial charge in [-0.05, 0) is 31.5 Å². The summed E-state index contributed by atoms with van der Waals surface area (Å²) in [6.07, 6.45) is 1.69. The smallest absolute Gasteiger partial charge is 0.235 e. The number of aromatic nitrogens is 3. The first-order valence-electron chi connectivity index (χ1n) is 11.0. The van der Waals surface area contributed by atoms with Crippen LogP contribution >= 0.6 is 22.7 Å². The lowest BCUT2D eigenvalue weighted by molar-refractivity contribution is 0.104. The van der Waals surface area contributed by atoms with Gasteiger partial charge in [0.2, 0.25) is 10.6 Å². The predicted molar refractivity (Wildman–Crippen MR) is 141 cm³/mol. The molecule has 0 amide bonds. The summed E-state index contributed by atoms with van der Waals surface area (Å²) in [6.45, 7) is 3.89. The number of benzene rings is 3. The van der Waals surface area contributed by atoms with Crippen LogP contribution in [0.1, 0.15) is 31.5 Å². The molecule has 0 aliphatic carbocycles. The highest BCUT2D eigenvalue weighted by Crippen LogP contribution is 2.29. The molecule has 35 heavy (non-hydrogen) atoms. The van der Waals surface area contributed by atoms with Crippen LogP contribution in [0, 0.1) is 13.8 Å². The Hall–Kier alpha value is -4.01. The maximum absolute atomic E-state index is 13.5. The zero-order valence-corrected chi connectivity index (χ0v) is 20.8. The number of nitrogens with zero attached hydrogens (tertiary/aromatic N) is 5. The fourth-order valence-electron chi connectivity index (χ4n) is 3.38. The van der Waals surface area contributed by atoms with Crippen molar-refractivity contribution >= 4 is 34.7 Å². The SMILES string of the molecule is Cc1ccc(/C=N/N=c2\sc(C(=O)c3sc(-c4ccccc4)nc3C)nn2-c2ccccc2)cc1. The van der Waals surface area contributed by atoms with Gasteiger partial charge in [-0.1, -0.05) is 89.7 Å². The first-order chi connectivity index (χ1) is 17.1. The normalized spacial score (nSPS) is 11.9. The molecule has 0 atom stereocenters. The van der Waals surface area contributed by atoms with Gasteiger partial charge >= 0.3 is 0 Å². The Balaban J connectivity index is 1.53. The lowest BCUT2D eigenvalue weighted by Gasteiger charge is -1.99. The van der Waals surface area contributed by atoms with E-state index < -0.39 is 0 Å². The zero-order valence-electron chi connectivity index (χ0n) is 19.1. The van der Waals surface area contributed by atoms with E-state index in [1.807, 2.05) is 98.8 Å². The van der Waals surface area contributed by atoms with Gasteiger partial charge in [0.15, 0.2) is 5.01 Å². The first-order valence-corrected chi connectivity index (χ1v) is 12.6. The van der Waals surface area contributed by atoms with Gasteiger partial charge in [0.25, 0.3) is 0 Å². The molecule has 5 rings (SSSR count). The first kappa shape index (κ1) is 22.8. The summed E-state index contributed by atoms with van der Waals surface area (Å²) >= 11 is 2.59. The third-order valence-corrected chi connectivity index (χ3v) is 7.31. The van der Waals surface area contributed by atoms with E-state index in [-0.39, 0.29) is 5.78 Å². The molecule has 2 aromatic heterocycles. The second-order valence-corrected chi connectivity index (χ2v) is 9.78. The lowest BCUT2D eigenvalue weighted by Crippen LogP contribution is -2.14. The summed E-state index contributed by atoms with van der Waals surface area (Å²) < 4.78 is 1.65. The van der Waals surface area contributed by atoms with Gasteiger partial charge in [0.1, 0.15) is 9.88 Å². The maximum atomic E-state index is 13.5. The van der Waals surface area contributed by atoms with Crippen molar-refractivity contribution in [2.45, 2.75) is 13.8 Å². The molecule has 2 heterocycles. The summed E-state index contributed by atoms with van der Waals surface area (Å²) in [5, 5.41) is 14.4. The number of carbonyl (C=O) groups excluding carboxylic acids is 1. The van der Waals surface area contributed by atoms with Crippen molar-refractivity contribution in [2.24, 2.45) is 10.2 Å². The fraction of sp³-hybridized carbons (Fsp3) is 0.0741. The van der Waals surface area contributed by atoms with Crippen molar-refractivity contribution in [3.05, 3.63) is 116 Å². The minimum absolute atomic E-state index is 0.166. The van der Waals surface area contributed by atoms with E-state index in [2.05, 4.69) is 20.3 Å². The minimum atomic E-state index is -0.166. The van der Waals surface area contributed by atoms with Crippen molar-refractivity contribution in [1.82, 2.24) is 14.8 Å². The number of hydrogen-bond donors (Lipinski definition) is 0. The Labute approximate surface area is 210 Å². The molecule has 0 saturated carbocycles. The number of carbonyl (C=O) groups is 1. The van der Waals surface area contributed by atoms with Crippen LogP contribution in [-0.2, 0) is 0 Å². The molecular weight excluding hydrogens is 474 g/mol. The predicted octanol–water partition coefficient (Wildman–Crippen LogP) is 5.84. The van der Waals surface area contributed by atoms with Crippen molar-refractivity contribution in [3.8, 4) is 16.3 Å². The molecule has 0 spiro atoms. The quantitative estimate of drug-likeness (QED) is 0.169. The van der Waals surface area contributed by atoms with Crippen LogP contribution in [0.2, 0.25) is 0 Å². The van der Waals surface area contributed by atoms with Crippen molar-refractivity contribution in [1.29, 1.82) is 0 Å². The number of hydrogen-bond acceptors (Lipinski definition) is 7. The number of ketones is 1. The highest BCUT2D eigenvalue weighted by molar-refractivity contribution is 7.18. The lowest BCUT2D eigenvalue weighted by atomic mass is 10.2. The van der Waals surface area contributed by atoms with E-state index in [1.54, 1.807) is 10.9 Å². The average molecular weight is 496 g/mol. The second-order valence-electron chi connectivity index (χ2n) is 7.82.